The molecule has 7 heteroatoms. The van der Waals surface area contributed by atoms with Gasteiger partial charge in [-0.3, -0.25) is 19.6 Å². The number of hydrogen-bond acceptors (Lipinski definition) is 5. The Morgan fingerprint density at radius 2 is 2.00 bits per heavy atom. The quantitative estimate of drug-likeness (QED) is 0.789. The number of amides is 1. The van der Waals surface area contributed by atoms with Gasteiger partial charge in [0, 0.05) is 75.9 Å². The van der Waals surface area contributed by atoms with E-state index in [-0.39, 0.29) is 5.91 Å². The van der Waals surface area contributed by atoms with E-state index < -0.39 is 0 Å². The lowest BCUT2D eigenvalue weighted by atomic mass is 9.91. The van der Waals surface area contributed by atoms with Gasteiger partial charge in [-0.05, 0) is 31.4 Å². The van der Waals surface area contributed by atoms with Crippen LogP contribution in [0, 0.1) is 6.92 Å². The number of rotatable bonds is 4. The van der Waals surface area contributed by atoms with Crippen molar-refractivity contribution in [1.29, 1.82) is 0 Å². The Hall–Kier alpha value is -2.25. The summed E-state index contributed by atoms with van der Waals surface area (Å²) in [7, 11) is 0. The molecule has 0 unspecified atom stereocenters. The van der Waals surface area contributed by atoms with Crippen LogP contribution in [0.15, 0.2) is 24.7 Å². The molecule has 3 aliphatic rings. The van der Waals surface area contributed by atoms with Crippen LogP contribution in [0.1, 0.15) is 36.1 Å². The number of nitrogens with zero attached hydrogens (tertiary/aromatic N) is 6. The van der Waals surface area contributed by atoms with Crippen molar-refractivity contribution in [3.05, 3.63) is 41.5 Å². The van der Waals surface area contributed by atoms with Gasteiger partial charge >= 0.3 is 0 Å². The molecule has 4 heterocycles. The molecule has 2 aromatic rings. The lowest BCUT2D eigenvalue weighted by molar-refractivity contribution is -0.135. The molecule has 29 heavy (non-hydrogen) atoms. The summed E-state index contributed by atoms with van der Waals surface area (Å²) in [6, 6.07) is 2.78. The van der Waals surface area contributed by atoms with Crippen LogP contribution < -0.4 is 0 Å². The van der Waals surface area contributed by atoms with Crippen LogP contribution >= 0.6 is 0 Å². The van der Waals surface area contributed by atoms with E-state index in [0.717, 1.165) is 68.7 Å². The average molecular weight is 395 g/mol. The molecule has 0 atom stereocenters. The molecule has 0 bridgehead atoms. The zero-order chi connectivity index (χ0) is 19.8. The first-order valence-electron chi connectivity index (χ1n) is 10.9. The summed E-state index contributed by atoms with van der Waals surface area (Å²) in [6.45, 7) is 8.11. The van der Waals surface area contributed by atoms with E-state index >= 15 is 0 Å². The second-order valence-electron chi connectivity index (χ2n) is 8.67. The van der Waals surface area contributed by atoms with Gasteiger partial charge in [0.1, 0.15) is 0 Å². The Balaban J connectivity index is 1.18. The summed E-state index contributed by atoms with van der Waals surface area (Å²) in [5.41, 5.74) is 4.57. The number of piperazine rings is 1. The predicted octanol–water partition coefficient (Wildman–Crippen LogP) is 1.63. The topological polar surface area (TPSA) is 57.5 Å². The second-order valence-corrected chi connectivity index (χ2v) is 8.67. The molecule has 1 saturated carbocycles. The van der Waals surface area contributed by atoms with E-state index in [1.165, 1.54) is 24.8 Å². The molecule has 1 aliphatic carbocycles. The van der Waals surface area contributed by atoms with Crippen LogP contribution in [0.2, 0.25) is 0 Å². The third-order valence-corrected chi connectivity index (χ3v) is 6.79. The fraction of sp³-hybridized carbons (Fsp3) is 0.591. The molecule has 2 fully saturated rings. The average Bonchev–Trinajstić information content (AvgIpc) is 3.10. The summed E-state index contributed by atoms with van der Waals surface area (Å²) >= 11 is 0. The second kappa shape index (κ2) is 7.88. The maximum absolute atomic E-state index is 12.8. The molecule has 1 amide bonds. The Bertz CT molecular complexity index is 881. The highest BCUT2D eigenvalue weighted by Crippen LogP contribution is 2.26. The van der Waals surface area contributed by atoms with Crippen LogP contribution in [-0.2, 0) is 17.8 Å². The third-order valence-electron chi connectivity index (χ3n) is 6.79. The molecular weight excluding hydrogens is 364 g/mol. The number of aromatic nitrogens is 3. The minimum Gasteiger partial charge on any atom is -0.339 e. The predicted molar refractivity (Wildman–Crippen MR) is 111 cm³/mol. The van der Waals surface area contributed by atoms with Gasteiger partial charge in [0.25, 0.3) is 0 Å². The van der Waals surface area contributed by atoms with E-state index in [1.54, 1.807) is 6.20 Å². The number of carbonyl (C=O) groups excluding carboxylic acids is 1. The molecule has 0 radical (unpaired) electrons. The summed E-state index contributed by atoms with van der Waals surface area (Å²) in [5.74, 6) is 0.277. The van der Waals surface area contributed by atoms with Gasteiger partial charge in [0.15, 0.2) is 0 Å². The first kappa shape index (κ1) is 18.8. The lowest BCUT2D eigenvalue weighted by Crippen LogP contribution is -2.55. The van der Waals surface area contributed by atoms with E-state index in [2.05, 4.69) is 32.8 Å². The first-order chi connectivity index (χ1) is 14.2. The molecule has 0 aromatic carbocycles. The maximum atomic E-state index is 12.8. The van der Waals surface area contributed by atoms with E-state index in [1.807, 2.05) is 16.9 Å². The number of hydrogen-bond donors (Lipinski definition) is 0. The van der Waals surface area contributed by atoms with Gasteiger partial charge in [-0.2, -0.15) is 5.10 Å². The van der Waals surface area contributed by atoms with Gasteiger partial charge in [0.2, 0.25) is 5.91 Å². The number of carbonyl (C=O) groups is 1. The van der Waals surface area contributed by atoms with E-state index in [0.29, 0.717) is 6.54 Å². The Labute approximate surface area is 172 Å². The van der Waals surface area contributed by atoms with Gasteiger partial charge in [-0.15, -0.1) is 0 Å². The van der Waals surface area contributed by atoms with E-state index in [4.69, 9.17) is 5.10 Å². The lowest BCUT2D eigenvalue weighted by Gasteiger charge is -2.43. The Kier molecular flexibility index (Phi) is 5.09. The highest BCUT2D eigenvalue weighted by molar-refractivity contribution is 5.78. The van der Waals surface area contributed by atoms with Crippen LogP contribution in [-0.4, -0.2) is 80.7 Å². The first-order valence-corrected chi connectivity index (χ1v) is 10.9. The van der Waals surface area contributed by atoms with Crippen molar-refractivity contribution in [3.8, 4) is 5.69 Å². The highest BCUT2D eigenvalue weighted by atomic mass is 16.2. The SMILES string of the molecule is Cc1cnccc1-n1cc2c(n1)CCN(CC(=O)N1CCN(C3CCC3)CC1)C2. The Morgan fingerprint density at radius 3 is 2.72 bits per heavy atom. The van der Waals surface area contributed by atoms with E-state index in [9.17, 15) is 4.79 Å². The maximum Gasteiger partial charge on any atom is 0.236 e. The third kappa shape index (κ3) is 3.81. The minimum absolute atomic E-state index is 0.277. The summed E-state index contributed by atoms with van der Waals surface area (Å²) in [6.07, 6.45) is 10.7. The van der Waals surface area contributed by atoms with Gasteiger partial charge in [-0.1, -0.05) is 6.42 Å². The van der Waals surface area contributed by atoms with Crippen LogP contribution in [0.3, 0.4) is 0 Å². The molecule has 0 spiro atoms. The zero-order valence-electron chi connectivity index (χ0n) is 17.3. The molecule has 5 rings (SSSR count). The van der Waals surface area contributed by atoms with Crippen molar-refractivity contribution in [2.24, 2.45) is 0 Å². The van der Waals surface area contributed by atoms with Crippen molar-refractivity contribution in [1.82, 2.24) is 29.5 Å². The number of pyridine rings is 1. The van der Waals surface area contributed by atoms with Crippen LogP contribution in [0.5, 0.6) is 0 Å². The normalized spacial score (nSPS) is 21.1. The van der Waals surface area contributed by atoms with Gasteiger partial charge in [0.05, 0.1) is 17.9 Å². The zero-order valence-corrected chi connectivity index (χ0v) is 17.3. The van der Waals surface area contributed by atoms with Crippen molar-refractivity contribution < 1.29 is 4.79 Å². The summed E-state index contributed by atoms with van der Waals surface area (Å²) < 4.78 is 1.96. The molecule has 154 valence electrons. The number of fused-ring (bicyclic) bond motifs is 1. The van der Waals surface area contributed by atoms with Gasteiger partial charge < -0.3 is 4.90 Å². The fourth-order valence-electron chi connectivity index (χ4n) is 4.73. The van der Waals surface area contributed by atoms with Crippen LogP contribution in [0.25, 0.3) is 5.69 Å². The Morgan fingerprint density at radius 1 is 1.17 bits per heavy atom. The van der Waals surface area contributed by atoms with Crippen molar-refractivity contribution in [2.45, 2.75) is 45.2 Å². The minimum atomic E-state index is 0.277. The molecule has 0 N–H and O–H groups in total. The summed E-state index contributed by atoms with van der Waals surface area (Å²) in [5, 5.41) is 4.79. The summed E-state index contributed by atoms with van der Waals surface area (Å²) in [4.78, 5) is 23.9. The van der Waals surface area contributed by atoms with Crippen molar-refractivity contribution in [2.75, 3.05) is 39.3 Å². The molecule has 7 nitrogen and oxygen atoms in total. The smallest absolute Gasteiger partial charge is 0.236 e. The van der Waals surface area contributed by atoms with Crippen molar-refractivity contribution >= 4 is 5.91 Å². The monoisotopic (exact) mass is 394 g/mol. The van der Waals surface area contributed by atoms with Gasteiger partial charge in [-0.25, -0.2) is 4.68 Å². The highest BCUT2D eigenvalue weighted by Gasteiger charge is 2.30. The molecule has 2 aliphatic heterocycles. The standard InChI is InChI=1S/C22H30N6O/c1-17-13-23-7-5-21(17)28-15-18-14-25(8-6-20(18)24-28)16-22(29)27-11-9-26(10-12-27)19-3-2-4-19/h5,7,13,15,19H,2-4,6,8-12,14,16H2,1H3. The molecule has 1 saturated heterocycles. The number of aryl methyl sites for hydroxylation is 1. The fourth-order valence-corrected chi connectivity index (χ4v) is 4.73. The molecule has 2 aromatic heterocycles. The van der Waals surface area contributed by atoms with Crippen molar-refractivity contribution in [3.63, 3.8) is 0 Å². The van der Waals surface area contributed by atoms with Crippen LogP contribution in [0.4, 0.5) is 0 Å². The molecular formula is C22H30N6O. The largest absolute Gasteiger partial charge is 0.339 e.